The van der Waals surface area contributed by atoms with Gasteiger partial charge >= 0.3 is 0 Å². The third kappa shape index (κ3) is 4.31. The van der Waals surface area contributed by atoms with Crippen LogP contribution in [0.15, 0.2) is 72.8 Å². The van der Waals surface area contributed by atoms with Crippen LogP contribution >= 0.6 is 0 Å². The van der Waals surface area contributed by atoms with Crippen LogP contribution in [0.3, 0.4) is 0 Å². The van der Waals surface area contributed by atoms with Gasteiger partial charge < -0.3 is 24.5 Å². The van der Waals surface area contributed by atoms with Crippen molar-refractivity contribution < 1.29 is 24.2 Å². The van der Waals surface area contributed by atoms with Gasteiger partial charge in [0.25, 0.3) is 5.91 Å². The van der Waals surface area contributed by atoms with Crippen molar-refractivity contribution in [3.05, 3.63) is 89.5 Å². The topological polar surface area (TPSA) is 90.4 Å². The van der Waals surface area contributed by atoms with E-state index in [2.05, 4.69) is 0 Å². The number of aliphatic hydroxyl groups excluding tert-OH is 1. The number of amides is 3. The molecule has 3 amide bonds. The van der Waals surface area contributed by atoms with E-state index in [1.165, 1.54) is 0 Å². The normalized spacial score (nSPS) is 29.5. The number of aryl methyl sites for hydroxylation is 2. The number of nitrogens with zero attached hydrogens (tertiary/aromatic N) is 3. The van der Waals surface area contributed by atoms with E-state index in [4.69, 9.17) is 4.74 Å². The first-order valence-corrected chi connectivity index (χ1v) is 14.8. The molecule has 0 aromatic heterocycles. The highest BCUT2D eigenvalue weighted by Gasteiger charge is 2.72. The lowest BCUT2D eigenvalue weighted by atomic mass is 9.77. The molecule has 1 N–H and O–H groups in total. The molecule has 4 aliphatic rings. The Bertz CT molecular complexity index is 1430. The molecule has 8 heteroatoms. The van der Waals surface area contributed by atoms with Crippen molar-refractivity contribution in [1.82, 2.24) is 9.80 Å². The molecule has 4 heterocycles. The summed E-state index contributed by atoms with van der Waals surface area (Å²) in [7, 11) is 0. The number of carbonyl (C=O) groups is 3. The molecular weight excluding hydrogens is 530 g/mol. The van der Waals surface area contributed by atoms with Crippen LogP contribution in [0.2, 0.25) is 0 Å². The maximum absolute atomic E-state index is 14.7. The van der Waals surface area contributed by atoms with Gasteiger partial charge in [0.2, 0.25) is 11.8 Å². The second-order valence-corrected chi connectivity index (χ2v) is 12.3. The molecule has 0 bridgehead atoms. The van der Waals surface area contributed by atoms with Gasteiger partial charge in [-0.05, 0) is 36.5 Å². The first kappa shape index (κ1) is 28.4. The van der Waals surface area contributed by atoms with E-state index in [0.29, 0.717) is 19.6 Å². The summed E-state index contributed by atoms with van der Waals surface area (Å²) < 4.78 is 6.79. The third-order valence-corrected chi connectivity index (χ3v) is 9.42. The van der Waals surface area contributed by atoms with Crippen molar-refractivity contribution in [3.8, 4) is 0 Å². The summed E-state index contributed by atoms with van der Waals surface area (Å²) in [5.74, 6) is -2.55. The van der Waals surface area contributed by atoms with Crippen LogP contribution in [-0.4, -0.2) is 76.1 Å². The lowest BCUT2D eigenvalue weighted by molar-refractivity contribution is -0.148. The number of carbonyl (C=O) groups excluding carboxylic acids is 3. The number of benzene rings is 2. The largest absolute Gasteiger partial charge is 0.394 e. The molecule has 1 spiro atoms. The number of fused-ring (bicyclic) bond motifs is 2. The lowest BCUT2D eigenvalue weighted by Gasteiger charge is -2.40. The van der Waals surface area contributed by atoms with Gasteiger partial charge in [0.15, 0.2) is 0 Å². The Hall–Kier alpha value is -3.75. The average Bonchev–Trinajstić information content (AvgIpc) is 3.28. The monoisotopic (exact) mass is 569 g/mol. The molecule has 6 rings (SSSR count). The molecule has 1 unspecified atom stereocenters. The van der Waals surface area contributed by atoms with Gasteiger partial charge in [-0.25, -0.2) is 0 Å². The van der Waals surface area contributed by atoms with Gasteiger partial charge in [-0.2, -0.15) is 0 Å². The number of hydrogen-bond donors (Lipinski definition) is 1. The van der Waals surface area contributed by atoms with Gasteiger partial charge in [0, 0.05) is 25.3 Å². The highest BCUT2D eigenvalue weighted by Crippen LogP contribution is 2.54. The number of likely N-dealkylation sites (tertiary alicyclic amines) is 1. The summed E-state index contributed by atoms with van der Waals surface area (Å²) in [4.78, 5) is 48.7. The Morgan fingerprint density at radius 1 is 0.929 bits per heavy atom. The van der Waals surface area contributed by atoms with Crippen molar-refractivity contribution in [2.45, 2.75) is 58.0 Å². The van der Waals surface area contributed by atoms with Gasteiger partial charge in [-0.15, -0.1) is 0 Å². The maximum atomic E-state index is 14.7. The Kier molecular flexibility index (Phi) is 7.31. The molecule has 2 aromatic rings. The quantitative estimate of drug-likeness (QED) is 0.539. The molecule has 0 aliphatic carbocycles. The van der Waals surface area contributed by atoms with E-state index in [9.17, 15) is 19.5 Å². The van der Waals surface area contributed by atoms with Crippen molar-refractivity contribution in [3.63, 3.8) is 0 Å². The molecule has 0 saturated carbocycles. The predicted octanol–water partition coefficient (Wildman–Crippen LogP) is 3.40. The molecule has 2 fully saturated rings. The van der Waals surface area contributed by atoms with Crippen LogP contribution < -0.4 is 4.90 Å². The zero-order valence-electron chi connectivity index (χ0n) is 24.6. The first-order chi connectivity index (χ1) is 20.2. The van der Waals surface area contributed by atoms with Crippen LogP contribution in [0.5, 0.6) is 0 Å². The standard InChI is InChI=1S/C34H39N3O5/c1-21(2)25(20-38)37-30-33(41)36(29-22(3)11-8-12-23(29)4)18-10-16-34(30)28(32(37)40)27-26(42-34)15-9-17-35(31(27)39)19-24-13-6-5-7-14-24/h5-16,21,25-28,30,38H,17-20H2,1-4H3/t25-,26+,27-,28-,30?,34-/m0/s1. The SMILES string of the molecule is Cc1cccc(C)c1N1CC=C[C@]23O[C@@H]4C=CCN(Cc5ccccc5)C(=O)[C@@H]4[C@H]2C(=O)N([C@@H](CO)C(C)C)C3C1=O. The number of rotatable bonds is 6. The number of aliphatic hydroxyl groups is 1. The van der Waals surface area contributed by atoms with E-state index in [1.807, 2.05) is 101 Å². The number of para-hydroxylation sites is 1. The number of ether oxygens (including phenoxy) is 1. The fraction of sp³-hybridized carbons (Fsp3) is 0.441. The molecule has 4 aliphatic heterocycles. The van der Waals surface area contributed by atoms with Crippen molar-refractivity contribution in [2.24, 2.45) is 17.8 Å². The van der Waals surface area contributed by atoms with Gasteiger partial charge in [-0.3, -0.25) is 14.4 Å². The molecule has 42 heavy (non-hydrogen) atoms. The van der Waals surface area contributed by atoms with Crippen LogP contribution in [0, 0.1) is 31.6 Å². The third-order valence-electron chi connectivity index (χ3n) is 9.42. The molecular formula is C34H39N3O5. The fourth-order valence-corrected chi connectivity index (χ4v) is 7.48. The molecule has 6 atom stereocenters. The van der Waals surface area contributed by atoms with Gasteiger partial charge in [-0.1, -0.05) is 86.7 Å². The number of anilines is 1. The predicted molar refractivity (Wildman–Crippen MR) is 159 cm³/mol. The van der Waals surface area contributed by atoms with E-state index >= 15 is 0 Å². The second-order valence-electron chi connectivity index (χ2n) is 12.3. The van der Waals surface area contributed by atoms with Crippen LogP contribution in [0.1, 0.15) is 30.5 Å². The zero-order valence-corrected chi connectivity index (χ0v) is 24.6. The Morgan fingerprint density at radius 3 is 2.31 bits per heavy atom. The van der Waals surface area contributed by atoms with Crippen LogP contribution in [-0.2, 0) is 25.7 Å². The highest BCUT2D eigenvalue weighted by atomic mass is 16.5. The Labute approximate surface area is 247 Å². The first-order valence-electron chi connectivity index (χ1n) is 14.8. The van der Waals surface area contributed by atoms with E-state index < -0.39 is 35.6 Å². The highest BCUT2D eigenvalue weighted by molar-refractivity contribution is 6.06. The van der Waals surface area contributed by atoms with Crippen molar-refractivity contribution >= 4 is 23.4 Å². The van der Waals surface area contributed by atoms with Gasteiger partial charge in [0.1, 0.15) is 11.6 Å². The maximum Gasteiger partial charge on any atom is 0.253 e. The van der Waals surface area contributed by atoms with E-state index in [-0.39, 0.29) is 30.2 Å². The summed E-state index contributed by atoms with van der Waals surface area (Å²) >= 11 is 0. The lowest BCUT2D eigenvalue weighted by Crippen LogP contribution is -2.59. The van der Waals surface area contributed by atoms with Crippen molar-refractivity contribution in [2.75, 3.05) is 24.6 Å². The van der Waals surface area contributed by atoms with E-state index in [1.54, 1.807) is 14.7 Å². The fourth-order valence-electron chi connectivity index (χ4n) is 7.48. The summed E-state index contributed by atoms with van der Waals surface area (Å²) in [5, 5.41) is 10.5. The van der Waals surface area contributed by atoms with Crippen LogP contribution in [0.4, 0.5) is 5.69 Å². The van der Waals surface area contributed by atoms with Crippen LogP contribution in [0.25, 0.3) is 0 Å². The average molecular weight is 570 g/mol. The van der Waals surface area contributed by atoms with Crippen molar-refractivity contribution in [1.29, 1.82) is 0 Å². The minimum absolute atomic E-state index is 0.126. The summed E-state index contributed by atoms with van der Waals surface area (Å²) in [5.41, 5.74) is 2.37. The second kappa shape index (κ2) is 10.8. The molecule has 0 radical (unpaired) electrons. The Morgan fingerprint density at radius 2 is 1.64 bits per heavy atom. The minimum Gasteiger partial charge on any atom is -0.394 e. The Balaban J connectivity index is 1.46. The van der Waals surface area contributed by atoms with Gasteiger partial charge in [0.05, 0.1) is 30.6 Å². The number of hydrogen-bond acceptors (Lipinski definition) is 5. The summed E-state index contributed by atoms with van der Waals surface area (Å²) in [6.07, 6.45) is 6.92. The summed E-state index contributed by atoms with van der Waals surface area (Å²) in [6.45, 7) is 8.64. The minimum atomic E-state index is -1.34. The zero-order chi connectivity index (χ0) is 29.8. The van der Waals surface area contributed by atoms with E-state index in [0.717, 1.165) is 22.4 Å². The molecule has 2 saturated heterocycles. The molecule has 8 nitrogen and oxygen atoms in total. The smallest absolute Gasteiger partial charge is 0.253 e. The molecule has 2 aromatic carbocycles. The summed E-state index contributed by atoms with van der Waals surface area (Å²) in [6, 6.07) is 14.1. The molecule has 220 valence electrons.